The number of methoxy groups -OCH3 is 1. The number of rotatable bonds is 8. The summed E-state index contributed by atoms with van der Waals surface area (Å²) in [5.74, 6) is -1.31. The molecule has 186 valence electrons. The molecule has 0 fully saturated rings. The molecule has 0 radical (unpaired) electrons. The second-order valence-corrected chi connectivity index (χ2v) is 10.3. The molecular weight excluding hydrogens is 485 g/mol. The van der Waals surface area contributed by atoms with Gasteiger partial charge >= 0.3 is 0 Å². The van der Waals surface area contributed by atoms with Gasteiger partial charge in [-0.25, -0.2) is 17.8 Å². The summed E-state index contributed by atoms with van der Waals surface area (Å²) in [6, 6.07) is 12.1. The van der Waals surface area contributed by atoms with E-state index in [4.69, 9.17) is 9.47 Å². The second-order valence-electron chi connectivity index (χ2n) is 8.33. The van der Waals surface area contributed by atoms with Gasteiger partial charge in [-0.1, -0.05) is 17.7 Å². The Hall–Kier alpha value is -4.05. The van der Waals surface area contributed by atoms with Gasteiger partial charge in [0, 0.05) is 11.6 Å². The highest BCUT2D eigenvalue weighted by Crippen LogP contribution is 2.35. The Kier molecular flexibility index (Phi) is 6.89. The van der Waals surface area contributed by atoms with Crippen LogP contribution in [0.5, 0.6) is 17.4 Å². The first-order valence-corrected chi connectivity index (χ1v) is 12.6. The lowest BCUT2D eigenvalue weighted by Gasteiger charge is -2.16. The van der Waals surface area contributed by atoms with Crippen LogP contribution in [0.25, 0.3) is 11.3 Å². The number of ketones is 1. The lowest BCUT2D eigenvalue weighted by molar-refractivity contribution is 0.101. The highest BCUT2D eigenvalue weighted by Gasteiger charge is 2.26. The number of aromatic nitrogens is 3. The van der Waals surface area contributed by atoms with Crippen LogP contribution in [0.4, 0.5) is 4.39 Å². The number of sulfone groups is 1. The van der Waals surface area contributed by atoms with Gasteiger partial charge in [-0.3, -0.25) is 9.89 Å². The van der Waals surface area contributed by atoms with Crippen LogP contribution in [0.15, 0.2) is 59.8 Å². The standard InChI is InChI=1S/C26H24FN3O5S/c1-15-11-16(2)25(17(3)12-15)35-26-20(22(31)14-36(32,33)24-9-10-28-30-24)7-8-21(29-26)19-6-5-18(27)13-23(19)34-4/h5-13H,14H2,1-4H3,(H,28,30). The van der Waals surface area contributed by atoms with Gasteiger partial charge in [-0.05, 0) is 62.2 Å². The quantitative estimate of drug-likeness (QED) is 0.333. The van der Waals surface area contributed by atoms with Crippen LogP contribution in [-0.2, 0) is 9.84 Å². The van der Waals surface area contributed by atoms with E-state index in [1.54, 1.807) is 0 Å². The van der Waals surface area contributed by atoms with Crippen molar-refractivity contribution in [1.82, 2.24) is 15.2 Å². The Labute approximate surface area is 208 Å². The third-order valence-corrected chi connectivity index (χ3v) is 7.07. The van der Waals surface area contributed by atoms with Gasteiger partial charge in [-0.2, -0.15) is 5.10 Å². The fourth-order valence-electron chi connectivity index (χ4n) is 3.93. The maximum Gasteiger partial charge on any atom is 0.230 e. The lowest BCUT2D eigenvalue weighted by atomic mass is 10.1. The number of carbonyl (C=O) groups excluding carboxylic acids is 1. The molecule has 0 aliphatic rings. The summed E-state index contributed by atoms with van der Waals surface area (Å²) >= 11 is 0. The Morgan fingerprint density at radius 2 is 1.75 bits per heavy atom. The number of hydrogen-bond donors (Lipinski definition) is 1. The van der Waals surface area contributed by atoms with E-state index in [0.717, 1.165) is 16.7 Å². The zero-order valence-electron chi connectivity index (χ0n) is 20.1. The van der Waals surface area contributed by atoms with E-state index in [2.05, 4.69) is 15.2 Å². The summed E-state index contributed by atoms with van der Waals surface area (Å²) in [4.78, 5) is 17.7. The van der Waals surface area contributed by atoms with Gasteiger partial charge in [0.2, 0.25) is 15.7 Å². The molecule has 1 N–H and O–H groups in total. The number of ether oxygens (including phenoxy) is 2. The molecule has 10 heteroatoms. The smallest absolute Gasteiger partial charge is 0.230 e. The van der Waals surface area contributed by atoms with Gasteiger partial charge in [0.15, 0.2) is 10.8 Å². The number of carbonyl (C=O) groups is 1. The Bertz CT molecular complexity index is 1530. The normalized spacial score (nSPS) is 11.4. The number of Topliss-reactive ketones (excluding diaryl/α,β-unsaturated/α-hetero) is 1. The Morgan fingerprint density at radius 3 is 2.39 bits per heavy atom. The van der Waals surface area contributed by atoms with Crippen molar-refractivity contribution in [2.75, 3.05) is 12.9 Å². The summed E-state index contributed by atoms with van der Waals surface area (Å²) in [5.41, 5.74) is 3.51. The molecule has 2 heterocycles. The number of benzene rings is 2. The predicted molar refractivity (Wildman–Crippen MR) is 132 cm³/mol. The number of aromatic amines is 1. The Morgan fingerprint density at radius 1 is 1.03 bits per heavy atom. The minimum Gasteiger partial charge on any atom is -0.496 e. The third kappa shape index (κ3) is 5.13. The van der Waals surface area contributed by atoms with Gasteiger partial charge in [0.1, 0.15) is 23.1 Å². The van der Waals surface area contributed by atoms with Gasteiger partial charge in [0.25, 0.3) is 0 Å². The molecule has 2 aromatic carbocycles. The molecule has 0 aliphatic heterocycles. The van der Waals surface area contributed by atoms with Crippen LogP contribution in [0, 0.1) is 26.6 Å². The van der Waals surface area contributed by atoms with Crippen molar-refractivity contribution in [3.63, 3.8) is 0 Å². The molecule has 36 heavy (non-hydrogen) atoms. The first-order valence-electron chi connectivity index (χ1n) is 10.9. The van der Waals surface area contributed by atoms with Crippen molar-refractivity contribution in [2.45, 2.75) is 25.8 Å². The van der Waals surface area contributed by atoms with E-state index in [9.17, 15) is 17.6 Å². The molecule has 0 saturated carbocycles. The zero-order chi connectivity index (χ0) is 26.0. The van der Waals surface area contributed by atoms with Crippen LogP contribution in [0.2, 0.25) is 0 Å². The molecule has 4 rings (SSSR count). The molecule has 0 atom stereocenters. The maximum atomic E-state index is 13.7. The summed E-state index contributed by atoms with van der Waals surface area (Å²) in [5, 5.41) is 5.86. The fraction of sp³-hybridized carbons (Fsp3) is 0.192. The molecule has 0 amide bonds. The van der Waals surface area contributed by atoms with E-state index in [1.807, 2.05) is 32.9 Å². The number of halogens is 1. The lowest BCUT2D eigenvalue weighted by Crippen LogP contribution is -2.18. The fourth-order valence-corrected chi connectivity index (χ4v) is 5.04. The monoisotopic (exact) mass is 509 g/mol. The summed E-state index contributed by atoms with van der Waals surface area (Å²) in [6.45, 7) is 5.69. The number of H-pyrrole nitrogens is 1. The minimum atomic E-state index is -3.97. The van der Waals surface area contributed by atoms with E-state index in [0.29, 0.717) is 17.0 Å². The summed E-state index contributed by atoms with van der Waals surface area (Å²) in [6.07, 6.45) is 1.29. The van der Waals surface area contributed by atoms with E-state index in [1.165, 1.54) is 49.7 Å². The highest BCUT2D eigenvalue weighted by molar-refractivity contribution is 7.92. The average molecular weight is 510 g/mol. The molecule has 4 aromatic rings. The van der Waals surface area contributed by atoms with Crippen molar-refractivity contribution >= 4 is 15.6 Å². The molecule has 8 nitrogen and oxygen atoms in total. The number of hydrogen-bond acceptors (Lipinski definition) is 7. The Balaban J connectivity index is 1.82. The van der Waals surface area contributed by atoms with Crippen molar-refractivity contribution in [2.24, 2.45) is 0 Å². The summed E-state index contributed by atoms with van der Waals surface area (Å²) < 4.78 is 50.6. The van der Waals surface area contributed by atoms with Gasteiger partial charge < -0.3 is 9.47 Å². The second kappa shape index (κ2) is 9.90. The number of pyridine rings is 1. The van der Waals surface area contributed by atoms with E-state index >= 15 is 0 Å². The first-order chi connectivity index (χ1) is 17.1. The predicted octanol–water partition coefficient (Wildman–Crippen LogP) is 4.99. The van der Waals surface area contributed by atoms with Crippen molar-refractivity contribution < 1.29 is 27.1 Å². The first kappa shape index (κ1) is 25.1. The molecule has 0 spiro atoms. The van der Waals surface area contributed by atoms with Crippen LogP contribution >= 0.6 is 0 Å². The molecular formula is C26H24FN3O5S. The average Bonchev–Trinajstić information content (AvgIpc) is 3.37. The van der Waals surface area contributed by atoms with Crippen molar-refractivity contribution in [1.29, 1.82) is 0 Å². The van der Waals surface area contributed by atoms with Crippen molar-refractivity contribution in [3.8, 4) is 28.6 Å². The number of nitrogens with zero attached hydrogens (tertiary/aromatic N) is 2. The number of aryl methyl sites for hydroxylation is 3. The molecule has 0 bridgehead atoms. The van der Waals surface area contributed by atoms with E-state index in [-0.39, 0.29) is 22.2 Å². The highest BCUT2D eigenvalue weighted by atomic mass is 32.2. The molecule has 0 unspecified atom stereocenters. The molecule has 0 aliphatic carbocycles. The van der Waals surface area contributed by atoms with Gasteiger partial charge in [0.05, 0.1) is 24.6 Å². The zero-order valence-corrected chi connectivity index (χ0v) is 20.9. The maximum absolute atomic E-state index is 13.7. The summed E-state index contributed by atoms with van der Waals surface area (Å²) in [7, 11) is -2.56. The van der Waals surface area contributed by atoms with E-state index < -0.39 is 27.2 Å². The van der Waals surface area contributed by atoms with Crippen LogP contribution in [0.1, 0.15) is 27.0 Å². The van der Waals surface area contributed by atoms with Crippen LogP contribution < -0.4 is 9.47 Å². The minimum absolute atomic E-state index is 0.0118. The van der Waals surface area contributed by atoms with Crippen LogP contribution in [-0.4, -0.2) is 42.2 Å². The largest absolute Gasteiger partial charge is 0.496 e. The number of nitrogens with one attached hydrogen (secondary N) is 1. The molecule has 0 saturated heterocycles. The van der Waals surface area contributed by atoms with Gasteiger partial charge in [-0.15, -0.1) is 0 Å². The van der Waals surface area contributed by atoms with Crippen molar-refractivity contribution in [3.05, 3.63) is 82.8 Å². The molecule has 2 aromatic heterocycles. The third-order valence-electron chi connectivity index (χ3n) is 5.53. The van der Waals surface area contributed by atoms with Crippen LogP contribution in [0.3, 0.4) is 0 Å². The SMILES string of the molecule is COc1cc(F)ccc1-c1ccc(C(=O)CS(=O)(=O)c2ccn[nH]2)c(Oc2c(C)cc(C)cc2C)n1. The topological polar surface area (TPSA) is 111 Å².